The Morgan fingerprint density at radius 3 is 2.44 bits per heavy atom. The molecule has 0 spiro atoms. The summed E-state index contributed by atoms with van der Waals surface area (Å²) in [7, 11) is 1.72. The fraction of sp³-hybridized carbons (Fsp3) is 0.364. The van der Waals surface area contributed by atoms with Gasteiger partial charge < -0.3 is 4.74 Å². The summed E-state index contributed by atoms with van der Waals surface area (Å²) in [6.45, 7) is 4.97. The van der Waals surface area contributed by atoms with Gasteiger partial charge in [-0.3, -0.25) is 4.90 Å². The second-order valence-corrected chi connectivity index (χ2v) is 7.78. The highest BCUT2D eigenvalue weighted by atomic mass is 32.1. The Hall–Kier alpha value is -1.84. The third-order valence-electron chi connectivity index (χ3n) is 5.62. The van der Waals surface area contributed by atoms with E-state index >= 15 is 0 Å². The smallest absolute Gasteiger partial charge is 0.118 e. The van der Waals surface area contributed by atoms with Crippen molar-refractivity contribution in [2.75, 3.05) is 13.7 Å². The first-order valence-electron chi connectivity index (χ1n) is 9.06. The zero-order chi connectivity index (χ0) is 17.2. The SMILES string of the molecule is C=CCN1C2CCC1CC(=C(c1ccc(OC)cc1)c1ccsc1)C2. The first-order chi connectivity index (χ1) is 12.3. The molecule has 3 heteroatoms. The van der Waals surface area contributed by atoms with E-state index in [0.717, 1.165) is 12.3 Å². The van der Waals surface area contributed by atoms with Gasteiger partial charge in [-0.25, -0.2) is 0 Å². The van der Waals surface area contributed by atoms with Crippen molar-refractivity contribution in [2.45, 2.75) is 37.8 Å². The maximum absolute atomic E-state index is 5.34. The van der Waals surface area contributed by atoms with Crippen molar-refractivity contribution in [1.29, 1.82) is 0 Å². The molecule has 3 heterocycles. The minimum absolute atomic E-state index is 0.679. The van der Waals surface area contributed by atoms with Crippen molar-refractivity contribution in [3.63, 3.8) is 0 Å². The fourth-order valence-electron chi connectivity index (χ4n) is 4.50. The maximum Gasteiger partial charge on any atom is 0.118 e. The number of hydrogen-bond acceptors (Lipinski definition) is 3. The number of benzene rings is 1. The molecule has 0 N–H and O–H groups in total. The van der Waals surface area contributed by atoms with E-state index in [1.54, 1.807) is 24.0 Å². The highest BCUT2D eigenvalue weighted by Gasteiger charge is 2.38. The summed E-state index contributed by atoms with van der Waals surface area (Å²) < 4.78 is 5.34. The van der Waals surface area contributed by atoms with Crippen LogP contribution < -0.4 is 4.74 Å². The molecule has 2 fully saturated rings. The molecule has 0 radical (unpaired) electrons. The molecule has 0 aliphatic carbocycles. The molecule has 0 amide bonds. The number of ether oxygens (including phenoxy) is 1. The van der Waals surface area contributed by atoms with E-state index in [1.807, 2.05) is 0 Å². The van der Waals surface area contributed by atoms with E-state index < -0.39 is 0 Å². The molecule has 2 unspecified atom stereocenters. The Balaban J connectivity index is 1.74. The number of methoxy groups -OCH3 is 1. The van der Waals surface area contributed by atoms with Crippen LogP contribution in [0.5, 0.6) is 5.75 Å². The first kappa shape index (κ1) is 16.6. The summed E-state index contributed by atoms with van der Waals surface area (Å²) >= 11 is 1.78. The third kappa shape index (κ3) is 3.19. The first-order valence-corrected chi connectivity index (χ1v) is 10.00. The van der Waals surface area contributed by atoms with Gasteiger partial charge in [0, 0.05) is 18.6 Å². The van der Waals surface area contributed by atoms with Crippen LogP contribution in [0.4, 0.5) is 0 Å². The lowest BCUT2D eigenvalue weighted by Gasteiger charge is -2.36. The Morgan fingerprint density at radius 2 is 1.88 bits per heavy atom. The molecule has 0 saturated carbocycles. The van der Waals surface area contributed by atoms with Crippen LogP contribution in [-0.2, 0) is 0 Å². The lowest BCUT2D eigenvalue weighted by Crippen LogP contribution is -2.40. The van der Waals surface area contributed by atoms with E-state index in [0.29, 0.717) is 12.1 Å². The molecule has 2 aromatic rings. The Bertz CT molecular complexity index is 744. The number of piperidine rings is 1. The van der Waals surface area contributed by atoms with Gasteiger partial charge in [-0.15, -0.1) is 6.58 Å². The average molecular weight is 352 g/mol. The van der Waals surface area contributed by atoms with Gasteiger partial charge in [-0.2, -0.15) is 11.3 Å². The van der Waals surface area contributed by atoms with E-state index in [1.165, 1.54) is 42.4 Å². The molecule has 2 aliphatic heterocycles. The van der Waals surface area contributed by atoms with Gasteiger partial charge in [0.15, 0.2) is 0 Å². The van der Waals surface area contributed by atoms with Crippen molar-refractivity contribution in [1.82, 2.24) is 4.90 Å². The van der Waals surface area contributed by atoms with Crippen LogP contribution in [-0.4, -0.2) is 30.6 Å². The summed E-state index contributed by atoms with van der Waals surface area (Å²) in [5.41, 5.74) is 5.74. The highest BCUT2D eigenvalue weighted by Crippen LogP contribution is 2.43. The lowest BCUT2D eigenvalue weighted by molar-refractivity contribution is 0.186. The number of rotatable bonds is 5. The number of fused-ring (bicyclic) bond motifs is 2. The Kier molecular flexibility index (Phi) is 4.78. The molecular weight excluding hydrogens is 326 g/mol. The molecule has 2 aliphatic rings. The summed E-state index contributed by atoms with van der Waals surface area (Å²) in [5.74, 6) is 0.916. The molecule has 2 bridgehead atoms. The molecule has 130 valence electrons. The second kappa shape index (κ2) is 7.19. The quantitative estimate of drug-likeness (QED) is 0.671. The van der Waals surface area contributed by atoms with Crippen LogP contribution in [0.3, 0.4) is 0 Å². The minimum Gasteiger partial charge on any atom is -0.497 e. The largest absolute Gasteiger partial charge is 0.497 e. The molecule has 4 rings (SSSR count). The van der Waals surface area contributed by atoms with E-state index in [9.17, 15) is 0 Å². The van der Waals surface area contributed by atoms with Crippen molar-refractivity contribution in [3.05, 3.63) is 70.4 Å². The van der Waals surface area contributed by atoms with Gasteiger partial charge in [0.2, 0.25) is 0 Å². The topological polar surface area (TPSA) is 12.5 Å². The van der Waals surface area contributed by atoms with Crippen LogP contribution in [0.1, 0.15) is 36.8 Å². The van der Waals surface area contributed by atoms with Crippen LogP contribution in [0.15, 0.2) is 59.3 Å². The highest BCUT2D eigenvalue weighted by molar-refractivity contribution is 7.08. The van der Waals surface area contributed by atoms with Gasteiger partial charge in [0.1, 0.15) is 5.75 Å². The van der Waals surface area contributed by atoms with Gasteiger partial charge in [-0.1, -0.05) is 23.8 Å². The van der Waals surface area contributed by atoms with Gasteiger partial charge in [0.05, 0.1) is 7.11 Å². The Labute approximate surface area is 154 Å². The van der Waals surface area contributed by atoms with E-state index in [-0.39, 0.29) is 0 Å². The molecule has 1 aromatic heterocycles. The summed E-state index contributed by atoms with van der Waals surface area (Å²) in [6, 6.07) is 12.2. The van der Waals surface area contributed by atoms with Crippen LogP contribution >= 0.6 is 11.3 Å². The van der Waals surface area contributed by atoms with Gasteiger partial charge in [0.25, 0.3) is 0 Å². The van der Waals surface area contributed by atoms with Crippen molar-refractivity contribution in [3.8, 4) is 5.75 Å². The van der Waals surface area contributed by atoms with Crippen molar-refractivity contribution in [2.24, 2.45) is 0 Å². The van der Waals surface area contributed by atoms with E-state index in [4.69, 9.17) is 4.74 Å². The predicted octanol–water partition coefficient (Wildman–Crippen LogP) is 5.37. The number of nitrogens with zero attached hydrogens (tertiary/aromatic N) is 1. The van der Waals surface area contributed by atoms with Crippen molar-refractivity contribution >= 4 is 16.9 Å². The molecule has 25 heavy (non-hydrogen) atoms. The zero-order valence-electron chi connectivity index (χ0n) is 14.8. The normalized spacial score (nSPS) is 22.8. The maximum atomic E-state index is 5.34. The monoisotopic (exact) mass is 351 g/mol. The van der Waals surface area contributed by atoms with Gasteiger partial charge >= 0.3 is 0 Å². The predicted molar refractivity (Wildman–Crippen MR) is 106 cm³/mol. The second-order valence-electron chi connectivity index (χ2n) is 7.00. The molecule has 2 atom stereocenters. The Morgan fingerprint density at radius 1 is 1.16 bits per heavy atom. The van der Waals surface area contributed by atoms with Gasteiger partial charge in [-0.05, 0) is 71.3 Å². The summed E-state index contributed by atoms with van der Waals surface area (Å²) in [4.78, 5) is 2.66. The number of thiophene rings is 1. The van der Waals surface area contributed by atoms with Crippen molar-refractivity contribution < 1.29 is 4.74 Å². The molecular formula is C22H25NOS. The average Bonchev–Trinajstić information content (AvgIpc) is 3.23. The minimum atomic E-state index is 0.679. The van der Waals surface area contributed by atoms with Crippen LogP contribution in [0.25, 0.3) is 5.57 Å². The van der Waals surface area contributed by atoms with Crippen LogP contribution in [0.2, 0.25) is 0 Å². The zero-order valence-corrected chi connectivity index (χ0v) is 15.6. The standard InChI is InChI=1S/C22H25NOS/c1-3-11-23-19-6-7-20(23)14-18(13-19)22(17-10-12-25-15-17)16-4-8-21(24-2)9-5-16/h3-5,8-10,12,15,19-20H,1,6-7,11,13-14H2,2H3. The van der Waals surface area contributed by atoms with E-state index in [2.05, 4.69) is 58.6 Å². The summed E-state index contributed by atoms with van der Waals surface area (Å²) in [5, 5.41) is 4.46. The molecule has 2 saturated heterocycles. The summed E-state index contributed by atoms with van der Waals surface area (Å²) in [6.07, 6.45) is 7.06. The lowest BCUT2D eigenvalue weighted by atomic mass is 9.86. The molecule has 1 aromatic carbocycles. The molecule has 2 nitrogen and oxygen atoms in total. The number of hydrogen-bond donors (Lipinski definition) is 0. The third-order valence-corrected chi connectivity index (χ3v) is 6.30. The van der Waals surface area contributed by atoms with Crippen LogP contribution in [0, 0.1) is 0 Å². The fourth-order valence-corrected chi connectivity index (χ4v) is 5.14.